The van der Waals surface area contributed by atoms with Gasteiger partial charge in [0.15, 0.2) is 6.23 Å². The van der Waals surface area contributed by atoms with Crippen molar-refractivity contribution in [2.45, 2.75) is 30.6 Å². The van der Waals surface area contributed by atoms with Crippen LogP contribution in [-0.4, -0.2) is 62.6 Å². The van der Waals surface area contributed by atoms with Gasteiger partial charge < -0.3 is 30.5 Å². The van der Waals surface area contributed by atoms with Crippen LogP contribution >= 0.6 is 0 Å². The molecule has 0 unspecified atom stereocenters. The maximum absolute atomic E-state index is 10.9. The number of rotatable bonds is 4. The smallest absolute Gasteiger partial charge is 0.292 e. The van der Waals surface area contributed by atoms with E-state index >= 15 is 0 Å². The molecule has 1 saturated heterocycles. The lowest BCUT2D eigenvalue weighted by Crippen LogP contribution is -2.60. The monoisotopic (exact) mass is 300 g/mol. The van der Waals surface area contributed by atoms with Crippen molar-refractivity contribution in [1.82, 2.24) is 0 Å². The van der Waals surface area contributed by atoms with Gasteiger partial charge in [0.05, 0.1) is 11.5 Å². The molecule has 0 radical (unpaired) electrons. The van der Waals surface area contributed by atoms with Crippen molar-refractivity contribution in [2.75, 3.05) is 11.9 Å². The summed E-state index contributed by atoms with van der Waals surface area (Å²) in [4.78, 5) is 10.3. The highest BCUT2D eigenvalue weighted by molar-refractivity contribution is 5.61. The molecule has 1 aliphatic rings. The molecule has 0 aromatic heterocycles. The molecular formula is C12H16N2O7. The van der Waals surface area contributed by atoms with Gasteiger partial charge in [0, 0.05) is 6.07 Å². The topological polar surface area (TPSA) is 145 Å². The summed E-state index contributed by atoms with van der Waals surface area (Å²) in [7, 11) is 0. The van der Waals surface area contributed by atoms with Gasteiger partial charge in [0.2, 0.25) is 0 Å². The first kappa shape index (κ1) is 15.6. The van der Waals surface area contributed by atoms with Crippen molar-refractivity contribution in [3.05, 3.63) is 34.4 Å². The number of para-hydroxylation sites is 2. The zero-order chi connectivity index (χ0) is 15.6. The molecule has 116 valence electrons. The van der Waals surface area contributed by atoms with E-state index in [1.165, 1.54) is 18.2 Å². The Morgan fingerprint density at radius 3 is 2.48 bits per heavy atom. The first-order valence-corrected chi connectivity index (χ1v) is 6.26. The predicted molar refractivity (Wildman–Crippen MR) is 70.5 cm³/mol. The van der Waals surface area contributed by atoms with Crippen LogP contribution < -0.4 is 5.32 Å². The van der Waals surface area contributed by atoms with Gasteiger partial charge in [-0.3, -0.25) is 10.1 Å². The molecule has 9 heteroatoms. The zero-order valence-corrected chi connectivity index (χ0v) is 10.9. The molecule has 1 aromatic carbocycles. The molecule has 0 bridgehead atoms. The van der Waals surface area contributed by atoms with Crippen molar-refractivity contribution in [3.63, 3.8) is 0 Å². The molecule has 1 aliphatic heterocycles. The van der Waals surface area contributed by atoms with E-state index in [0.29, 0.717) is 0 Å². The second-order valence-electron chi connectivity index (χ2n) is 4.67. The lowest BCUT2D eigenvalue weighted by molar-refractivity contribution is -0.384. The Morgan fingerprint density at radius 1 is 1.19 bits per heavy atom. The van der Waals surface area contributed by atoms with E-state index < -0.39 is 42.2 Å². The first-order valence-electron chi connectivity index (χ1n) is 6.26. The van der Waals surface area contributed by atoms with E-state index in [9.17, 15) is 25.4 Å². The normalized spacial score (nSPS) is 32.7. The van der Waals surface area contributed by atoms with Crippen molar-refractivity contribution >= 4 is 11.4 Å². The van der Waals surface area contributed by atoms with Gasteiger partial charge in [-0.25, -0.2) is 0 Å². The van der Waals surface area contributed by atoms with Crippen LogP contribution in [0.2, 0.25) is 0 Å². The van der Waals surface area contributed by atoms with E-state index in [1.54, 1.807) is 6.07 Å². The summed E-state index contributed by atoms with van der Waals surface area (Å²) >= 11 is 0. The molecule has 0 aliphatic carbocycles. The average Bonchev–Trinajstić information content (AvgIpc) is 2.48. The Hall–Kier alpha value is -1.78. The fourth-order valence-corrected chi connectivity index (χ4v) is 2.13. The quantitative estimate of drug-likeness (QED) is 0.344. The Bertz CT molecular complexity index is 510. The van der Waals surface area contributed by atoms with Crippen LogP contribution in [0.5, 0.6) is 0 Å². The molecule has 0 spiro atoms. The largest absolute Gasteiger partial charge is 0.394 e. The van der Waals surface area contributed by atoms with E-state index in [-0.39, 0.29) is 11.4 Å². The minimum atomic E-state index is -1.55. The van der Waals surface area contributed by atoms with Gasteiger partial charge in [-0.2, -0.15) is 0 Å². The molecule has 21 heavy (non-hydrogen) atoms. The summed E-state index contributed by atoms with van der Waals surface area (Å²) in [5, 5.41) is 51.8. The first-order chi connectivity index (χ1) is 9.95. The minimum absolute atomic E-state index is 0.0897. The Balaban J connectivity index is 2.20. The molecule has 1 fully saturated rings. The zero-order valence-electron chi connectivity index (χ0n) is 10.9. The van der Waals surface area contributed by atoms with Crippen LogP contribution in [0.1, 0.15) is 0 Å². The summed E-state index contributed by atoms with van der Waals surface area (Å²) in [6.07, 6.45) is -6.82. The van der Waals surface area contributed by atoms with Crippen molar-refractivity contribution in [1.29, 1.82) is 0 Å². The van der Waals surface area contributed by atoms with Crippen molar-refractivity contribution in [3.8, 4) is 0 Å². The lowest BCUT2D eigenvalue weighted by Gasteiger charge is -2.40. The van der Waals surface area contributed by atoms with E-state index in [0.717, 1.165) is 0 Å². The molecule has 1 aromatic rings. The van der Waals surface area contributed by atoms with Crippen molar-refractivity contribution in [2.24, 2.45) is 0 Å². The number of anilines is 1. The fourth-order valence-electron chi connectivity index (χ4n) is 2.13. The number of aliphatic hydroxyl groups is 4. The summed E-state index contributed by atoms with van der Waals surface area (Å²) in [5.74, 6) is 0. The van der Waals surface area contributed by atoms with E-state index in [2.05, 4.69) is 5.32 Å². The van der Waals surface area contributed by atoms with Crippen LogP contribution in [0, 0.1) is 10.1 Å². The van der Waals surface area contributed by atoms with Gasteiger partial charge in [0.25, 0.3) is 5.69 Å². The molecule has 9 nitrogen and oxygen atoms in total. The maximum Gasteiger partial charge on any atom is 0.292 e. The second kappa shape index (κ2) is 6.33. The molecular weight excluding hydrogens is 284 g/mol. The van der Waals surface area contributed by atoms with Gasteiger partial charge in [-0.1, -0.05) is 12.1 Å². The van der Waals surface area contributed by atoms with Gasteiger partial charge in [-0.15, -0.1) is 0 Å². The van der Waals surface area contributed by atoms with Crippen molar-refractivity contribution < 1.29 is 30.1 Å². The number of hydrogen-bond donors (Lipinski definition) is 5. The van der Waals surface area contributed by atoms with Crippen LogP contribution in [0.3, 0.4) is 0 Å². The van der Waals surface area contributed by atoms with Crippen LogP contribution in [0.15, 0.2) is 24.3 Å². The molecule has 5 atom stereocenters. The van der Waals surface area contributed by atoms with Crippen LogP contribution in [0.4, 0.5) is 11.4 Å². The third-order valence-corrected chi connectivity index (χ3v) is 3.29. The van der Waals surface area contributed by atoms with E-state index in [1.807, 2.05) is 0 Å². The summed E-state index contributed by atoms with van der Waals surface area (Å²) < 4.78 is 5.23. The Kier molecular flexibility index (Phi) is 4.70. The summed E-state index contributed by atoms with van der Waals surface area (Å²) in [5.41, 5.74) is -0.138. The third-order valence-electron chi connectivity index (χ3n) is 3.29. The van der Waals surface area contributed by atoms with Crippen LogP contribution in [0.25, 0.3) is 0 Å². The summed E-state index contributed by atoms with van der Waals surface area (Å²) in [6.45, 7) is -0.569. The number of nitrogens with one attached hydrogen (secondary N) is 1. The number of aliphatic hydroxyl groups excluding tert-OH is 4. The third kappa shape index (κ3) is 3.12. The maximum atomic E-state index is 10.9. The van der Waals surface area contributed by atoms with Gasteiger partial charge >= 0.3 is 0 Å². The molecule has 2 rings (SSSR count). The summed E-state index contributed by atoms with van der Waals surface area (Å²) in [6, 6.07) is 5.72. The Labute approximate surface area is 119 Å². The highest BCUT2D eigenvalue weighted by Crippen LogP contribution is 2.28. The fraction of sp³-hybridized carbons (Fsp3) is 0.500. The number of nitro benzene ring substituents is 1. The van der Waals surface area contributed by atoms with Gasteiger partial charge in [-0.05, 0) is 6.07 Å². The minimum Gasteiger partial charge on any atom is -0.394 e. The van der Waals surface area contributed by atoms with Gasteiger partial charge in [0.1, 0.15) is 30.1 Å². The molecule has 1 heterocycles. The number of nitrogens with zero attached hydrogens (tertiary/aromatic N) is 1. The molecule has 5 N–H and O–H groups in total. The highest BCUT2D eigenvalue weighted by Gasteiger charge is 2.43. The lowest BCUT2D eigenvalue weighted by atomic mass is 9.98. The van der Waals surface area contributed by atoms with Crippen LogP contribution in [-0.2, 0) is 4.74 Å². The number of ether oxygens (including phenoxy) is 1. The predicted octanol–water partition coefficient (Wildman–Crippen LogP) is -1.19. The SMILES string of the molecule is O=[N+]([O-])c1ccccc1N[C@@H]1O[C@H](CO)[C@@H](O)[C@H](O)[C@H]1O. The standard InChI is InChI=1S/C12H16N2O7/c15-5-8-9(16)10(17)11(18)12(21-8)13-6-3-1-2-4-7(6)14(19)20/h1-4,8-13,15-18H,5H2/t8-,9-,10+,11-,12-/m1/s1. The Morgan fingerprint density at radius 2 is 1.86 bits per heavy atom. The number of nitro groups is 1. The number of benzene rings is 1. The van der Waals surface area contributed by atoms with E-state index in [4.69, 9.17) is 9.84 Å². The number of hydrogen-bond acceptors (Lipinski definition) is 8. The second-order valence-corrected chi connectivity index (χ2v) is 4.67. The average molecular weight is 300 g/mol. The molecule has 0 amide bonds. The highest BCUT2D eigenvalue weighted by atomic mass is 16.6. The molecule has 0 saturated carbocycles.